The van der Waals surface area contributed by atoms with Gasteiger partial charge in [-0.1, -0.05) is 34.8 Å². The molecule has 0 radical (unpaired) electrons. The normalized spacial score (nSPS) is 29.6. The van der Waals surface area contributed by atoms with Crippen molar-refractivity contribution < 1.29 is 171 Å². The number of esters is 13. The first-order chi connectivity index (χ1) is 47.7. The van der Waals surface area contributed by atoms with Crippen LogP contribution in [0.5, 0.6) is 0 Å². The molecule has 0 saturated carbocycles. The number of hydrogen-bond acceptors (Lipinski definition) is 37. The van der Waals surface area contributed by atoms with Crippen LogP contribution in [0.15, 0.2) is 0 Å². The average Bonchev–Trinajstić information content (AvgIpc) is 0.742. The molecule has 3 N–H and O–H groups in total. The molecule has 39 nitrogen and oxygen atoms in total. The zero-order valence-electron chi connectivity index (χ0n) is 58.9. The van der Waals surface area contributed by atoms with Crippen LogP contribution in [0.25, 0.3) is 0 Å². The molecule has 4 heterocycles. The predicted octanol–water partition coefficient (Wildman–Crippen LogP) is 0.0806. The van der Waals surface area contributed by atoms with Gasteiger partial charge in [-0.05, 0) is 20.8 Å². The third kappa shape index (κ3) is 26.0. The SMILES string of the molecule is COC(=O)[C@@]1(O[C@H]2[C@@H](O[C@@H]3O[C@H](COC(C)=O)[C@H](OC(C)=O)[C@H](OC(C)=O)[C@H]3NC(C)=O)[C@@H](COC(C)=O)O[C@@H](O[C@H]3[C@H](OC(C)=O)[C@@H](OC(=O)C(C)(C)C)[C@H](OC(=N)C(Cl)(Cl)Cl)O[C@@H]3COC(C)=O)[C@@H]2OC(C)=O)C[C@H](OC(C)=O)[C@@H](NC(C)=O)[C@H]([C@H](OC(C)=O)[C@@H](COC(C)=O)OC(C)=O)O1. The summed E-state index contributed by atoms with van der Waals surface area (Å²) >= 11 is 18.1. The Labute approximate surface area is 603 Å². The molecule has 42 heteroatoms. The van der Waals surface area contributed by atoms with Gasteiger partial charge in [0.1, 0.15) is 81.3 Å². The zero-order valence-corrected chi connectivity index (χ0v) is 61.2. The summed E-state index contributed by atoms with van der Waals surface area (Å²) in [4.78, 5) is 201. The first kappa shape index (κ1) is 87.5. The van der Waals surface area contributed by atoms with E-state index >= 15 is 4.79 Å². The summed E-state index contributed by atoms with van der Waals surface area (Å²) in [5.41, 5.74) is -1.45. The van der Waals surface area contributed by atoms with Gasteiger partial charge in [0.15, 0.2) is 49.2 Å². The second-order valence-electron chi connectivity index (χ2n) is 24.3. The smallest absolute Gasteiger partial charge is 0.366 e. The number of carbonyl (C=O) groups is 15. The van der Waals surface area contributed by atoms with Gasteiger partial charge >= 0.3 is 77.6 Å². The lowest BCUT2D eigenvalue weighted by Crippen LogP contribution is -2.73. The highest BCUT2D eigenvalue weighted by molar-refractivity contribution is 6.76. The predicted molar refractivity (Wildman–Crippen MR) is 334 cm³/mol. The van der Waals surface area contributed by atoms with E-state index in [1.54, 1.807) is 0 Å². The highest BCUT2D eigenvalue weighted by Crippen LogP contribution is 2.44. The van der Waals surface area contributed by atoms with E-state index in [2.05, 4.69) is 10.6 Å². The number of rotatable bonds is 28. The molecule has 0 aromatic heterocycles. The van der Waals surface area contributed by atoms with Crippen LogP contribution in [0.1, 0.15) is 117 Å². The molecule has 21 atom stereocenters. The largest absolute Gasteiger partial charge is 0.465 e. The van der Waals surface area contributed by atoms with Crippen molar-refractivity contribution in [2.45, 2.75) is 249 Å². The van der Waals surface area contributed by atoms with Gasteiger partial charge in [-0.2, -0.15) is 0 Å². The van der Waals surface area contributed by atoms with Gasteiger partial charge < -0.3 is 110 Å². The summed E-state index contributed by atoms with van der Waals surface area (Å²) in [7, 11) is 0.747. The molecular formula is C61H84Cl3N3O36. The van der Waals surface area contributed by atoms with Crippen molar-refractivity contribution in [1.29, 1.82) is 5.41 Å². The van der Waals surface area contributed by atoms with Crippen molar-refractivity contribution in [3.05, 3.63) is 0 Å². The first-order valence-corrected chi connectivity index (χ1v) is 32.3. The molecule has 0 bridgehead atoms. The number of ether oxygens (including phenoxy) is 21. The van der Waals surface area contributed by atoms with Crippen molar-refractivity contribution >= 4 is 130 Å². The van der Waals surface area contributed by atoms with Gasteiger partial charge in [0.2, 0.25) is 30.1 Å². The first-order valence-electron chi connectivity index (χ1n) is 31.2. The van der Waals surface area contributed by atoms with Gasteiger partial charge in [0.05, 0.1) is 25.0 Å². The molecule has 0 unspecified atom stereocenters. The quantitative estimate of drug-likeness (QED) is 0.0307. The standard InChI is InChI=1S/C61H84Cl3N3O36/c1-23(68)66-41-36(88-29(7)74)18-60(58(82)83-17,102-48(41)44(91-32(10)77)37(89-30(8)75)19-84-25(3)70)103-50-46(98-53-42(67-24(2)69)47(92-33(11)78)43(90-31(9)76)38(95-53)20-85-26(4)71)40(22-87-28(6)73)96-54(52(50)94-35(13)80)99-45-39(21-86-27(5)72)97-55(101-56(65)61(62,63)64)51(49(45)93-34(12)79)100-57(81)59(14,15)16/h36-55,65H,18-22H2,1-17H3,(H,66,68)(H,67,69)/t36-,37+,38+,39+,40+,41+,42+,43-,44+,45+,46-,47+,48+,49-,50-,51+,52+,53-,54-,55-,60-/m0/s1. The summed E-state index contributed by atoms with van der Waals surface area (Å²) in [5, 5.41) is 13.5. The molecule has 4 aliphatic heterocycles. The Hall–Kier alpha value is -7.89. The van der Waals surface area contributed by atoms with Gasteiger partial charge in [-0.25, -0.2) is 4.79 Å². The molecule has 0 spiro atoms. The van der Waals surface area contributed by atoms with Crippen LogP contribution in [0, 0.1) is 10.8 Å². The second-order valence-corrected chi connectivity index (χ2v) is 26.6. The Morgan fingerprint density at radius 3 is 1.33 bits per heavy atom. The molecule has 4 saturated heterocycles. The number of nitrogens with one attached hydrogen (secondary N) is 3. The number of halogens is 3. The zero-order chi connectivity index (χ0) is 78.1. The van der Waals surface area contributed by atoms with Crippen molar-refractivity contribution in [1.82, 2.24) is 10.6 Å². The van der Waals surface area contributed by atoms with Crippen LogP contribution in [0.3, 0.4) is 0 Å². The topological polar surface area (TPSA) is 498 Å². The molecule has 0 aromatic carbocycles. The van der Waals surface area contributed by atoms with E-state index in [4.69, 9.17) is 140 Å². The Kier molecular flexibility index (Phi) is 32.5. The lowest BCUT2D eigenvalue weighted by atomic mass is 9.87. The second kappa shape index (κ2) is 38.2. The van der Waals surface area contributed by atoms with E-state index in [0.29, 0.717) is 0 Å². The summed E-state index contributed by atoms with van der Waals surface area (Å²) in [6.45, 7) is 11.8. The summed E-state index contributed by atoms with van der Waals surface area (Å²) < 4.78 is 122. The molecule has 103 heavy (non-hydrogen) atoms. The van der Waals surface area contributed by atoms with E-state index in [0.717, 1.165) is 97.1 Å². The summed E-state index contributed by atoms with van der Waals surface area (Å²) in [5.74, 6) is -21.8. The number of methoxy groups -OCH3 is 1. The summed E-state index contributed by atoms with van der Waals surface area (Å²) in [6, 6.07) is -3.85. The average molecular weight is 1540 g/mol. The van der Waals surface area contributed by atoms with Gasteiger partial charge in [0, 0.05) is 90.0 Å². The molecule has 4 aliphatic rings. The fraction of sp³-hybridized carbons (Fsp3) is 0.738. The minimum atomic E-state index is -3.44. The molecule has 0 aliphatic carbocycles. The van der Waals surface area contributed by atoms with E-state index in [9.17, 15) is 67.1 Å². The van der Waals surface area contributed by atoms with Crippen molar-refractivity contribution in [2.24, 2.45) is 5.41 Å². The monoisotopic (exact) mass is 1540 g/mol. The number of carbonyl (C=O) groups excluding carboxylic acids is 15. The van der Waals surface area contributed by atoms with Crippen molar-refractivity contribution in [3.63, 3.8) is 0 Å². The Bertz CT molecular complexity index is 3140. The number of alkyl halides is 3. The molecule has 4 fully saturated rings. The maximum Gasteiger partial charge on any atom is 0.366 e. The Morgan fingerprint density at radius 1 is 0.466 bits per heavy atom. The van der Waals surface area contributed by atoms with Crippen LogP contribution < -0.4 is 10.6 Å². The van der Waals surface area contributed by atoms with Crippen LogP contribution >= 0.6 is 34.8 Å². The van der Waals surface area contributed by atoms with Crippen LogP contribution in [0.2, 0.25) is 0 Å². The van der Waals surface area contributed by atoms with E-state index < -0.39 is 266 Å². The highest BCUT2D eigenvalue weighted by Gasteiger charge is 2.66. The van der Waals surface area contributed by atoms with Crippen LogP contribution in [0.4, 0.5) is 0 Å². The third-order valence-corrected chi connectivity index (χ3v) is 15.0. The molecule has 2 amide bonds. The van der Waals surface area contributed by atoms with E-state index in [1.165, 1.54) is 20.8 Å². The molecular weight excluding hydrogens is 1460 g/mol. The Balaban J connectivity index is 2.35. The number of amides is 2. The number of hydrogen-bond donors (Lipinski definition) is 3. The molecule has 580 valence electrons. The van der Waals surface area contributed by atoms with Gasteiger partial charge in [-0.3, -0.25) is 72.5 Å². The molecule has 0 aromatic rings. The Morgan fingerprint density at radius 2 is 0.883 bits per heavy atom. The maximum absolute atomic E-state index is 15.4. The van der Waals surface area contributed by atoms with Gasteiger partial charge in [-0.15, -0.1) is 0 Å². The minimum Gasteiger partial charge on any atom is -0.465 e. The van der Waals surface area contributed by atoms with Crippen molar-refractivity contribution in [3.8, 4) is 0 Å². The fourth-order valence-electron chi connectivity index (χ4n) is 10.8. The highest BCUT2D eigenvalue weighted by atomic mass is 35.6. The third-order valence-electron chi connectivity index (χ3n) is 14.5. The lowest BCUT2D eigenvalue weighted by molar-refractivity contribution is -0.400. The van der Waals surface area contributed by atoms with Gasteiger partial charge in [0.25, 0.3) is 9.58 Å². The van der Waals surface area contributed by atoms with E-state index in [-0.39, 0.29) is 0 Å². The molecule has 4 rings (SSSR count). The summed E-state index contributed by atoms with van der Waals surface area (Å²) in [6.07, 6.45) is -40.7. The van der Waals surface area contributed by atoms with Crippen LogP contribution in [-0.4, -0.2) is 261 Å². The lowest BCUT2D eigenvalue weighted by Gasteiger charge is -2.53. The van der Waals surface area contributed by atoms with Crippen LogP contribution in [-0.2, 0) is 171 Å². The fourth-order valence-corrected chi connectivity index (χ4v) is 10.9. The maximum atomic E-state index is 15.4. The minimum absolute atomic E-state index is 0.747. The van der Waals surface area contributed by atoms with Crippen molar-refractivity contribution in [2.75, 3.05) is 33.5 Å². The van der Waals surface area contributed by atoms with E-state index in [1.807, 2.05) is 0 Å².